The Kier molecular flexibility index (Phi) is 6.76. The van der Waals surface area contributed by atoms with E-state index in [9.17, 15) is 18.0 Å². The number of methoxy groups -OCH3 is 2. The van der Waals surface area contributed by atoms with Gasteiger partial charge in [-0.15, -0.1) is 0 Å². The molecule has 2 aliphatic heterocycles. The van der Waals surface area contributed by atoms with Crippen molar-refractivity contribution >= 4 is 32.6 Å². The number of rotatable bonds is 9. The van der Waals surface area contributed by atoms with E-state index in [1.807, 2.05) is 12.1 Å². The molecule has 11 heteroatoms. The molecule has 0 radical (unpaired) electrons. The van der Waals surface area contributed by atoms with Crippen molar-refractivity contribution in [2.75, 3.05) is 27.6 Å². The lowest BCUT2D eigenvalue weighted by Crippen LogP contribution is -2.41. The van der Waals surface area contributed by atoms with Crippen LogP contribution in [-0.2, 0) is 23.0 Å². The summed E-state index contributed by atoms with van der Waals surface area (Å²) in [6, 6.07) is 18.8. The Bertz CT molecular complexity index is 1770. The predicted octanol–water partition coefficient (Wildman–Crippen LogP) is 3.90. The van der Waals surface area contributed by atoms with Crippen molar-refractivity contribution in [1.29, 1.82) is 0 Å². The highest BCUT2D eigenvalue weighted by Crippen LogP contribution is 2.35. The molecule has 0 spiro atoms. The van der Waals surface area contributed by atoms with Gasteiger partial charge in [0, 0.05) is 35.7 Å². The van der Waals surface area contributed by atoms with Gasteiger partial charge in [-0.3, -0.25) is 14.5 Å². The largest absolute Gasteiger partial charge is 0.493 e. The smallest absolute Gasteiger partial charge is 0.261 e. The molecular weight excluding hydrogens is 548 g/mol. The zero-order chi connectivity index (χ0) is 28.7. The second kappa shape index (κ2) is 10.4. The number of benzene rings is 4. The van der Waals surface area contributed by atoms with E-state index in [4.69, 9.17) is 18.9 Å². The first-order chi connectivity index (χ1) is 19.8. The SMILES string of the molecule is COc1cc(CCN2C(=O)c3cccc4cccc(c34)C2=O)c(S(=O)(=O)NCc2ccc3c(c2)OCO3)cc1OC. The van der Waals surface area contributed by atoms with Crippen LogP contribution in [0.1, 0.15) is 31.8 Å². The summed E-state index contributed by atoms with van der Waals surface area (Å²) in [5, 5.41) is 1.44. The van der Waals surface area contributed by atoms with Crippen LogP contribution in [0.3, 0.4) is 0 Å². The summed E-state index contributed by atoms with van der Waals surface area (Å²) in [6.07, 6.45) is 0.0657. The molecule has 4 aromatic carbocycles. The van der Waals surface area contributed by atoms with E-state index in [2.05, 4.69) is 4.72 Å². The quantitative estimate of drug-likeness (QED) is 0.299. The summed E-state index contributed by atoms with van der Waals surface area (Å²) in [4.78, 5) is 27.9. The molecule has 0 saturated carbocycles. The van der Waals surface area contributed by atoms with Gasteiger partial charge < -0.3 is 18.9 Å². The highest BCUT2D eigenvalue weighted by atomic mass is 32.2. The number of fused-ring (bicyclic) bond motifs is 1. The van der Waals surface area contributed by atoms with Crippen molar-refractivity contribution in [3.63, 3.8) is 0 Å². The third kappa shape index (κ3) is 4.72. The van der Waals surface area contributed by atoms with Gasteiger partial charge in [0.2, 0.25) is 16.8 Å². The molecule has 0 fully saturated rings. The van der Waals surface area contributed by atoms with Gasteiger partial charge in [-0.2, -0.15) is 0 Å². The Morgan fingerprint density at radius 2 is 1.51 bits per heavy atom. The van der Waals surface area contributed by atoms with E-state index in [0.717, 1.165) is 10.3 Å². The van der Waals surface area contributed by atoms with Crippen molar-refractivity contribution in [3.8, 4) is 23.0 Å². The van der Waals surface area contributed by atoms with Crippen molar-refractivity contribution in [3.05, 3.63) is 89.0 Å². The number of nitrogens with zero attached hydrogens (tertiary/aromatic N) is 1. The van der Waals surface area contributed by atoms with Crippen molar-refractivity contribution < 1.29 is 37.0 Å². The average Bonchev–Trinajstić information content (AvgIpc) is 3.46. The number of hydrogen-bond donors (Lipinski definition) is 1. The molecule has 0 atom stereocenters. The molecule has 210 valence electrons. The third-order valence-electron chi connectivity index (χ3n) is 7.22. The molecule has 0 bridgehead atoms. The maximum atomic E-state index is 13.6. The van der Waals surface area contributed by atoms with Gasteiger partial charge in [-0.25, -0.2) is 13.1 Å². The van der Waals surface area contributed by atoms with E-state index in [0.29, 0.717) is 44.9 Å². The van der Waals surface area contributed by atoms with E-state index in [-0.39, 0.29) is 36.9 Å². The van der Waals surface area contributed by atoms with E-state index < -0.39 is 21.8 Å². The van der Waals surface area contributed by atoms with Gasteiger partial charge in [0.05, 0.1) is 19.1 Å². The highest BCUT2D eigenvalue weighted by Gasteiger charge is 2.33. The second-order valence-corrected chi connectivity index (χ2v) is 11.3. The monoisotopic (exact) mass is 574 g/mol. The lowest BCUT2D eigenvalue weighted by atomic mass is 9.94. The van der Waals surface area contributed by atoms with Gasteiger partial charge >= 0.3 is 0 Å². The fraction of sp³-hybridized carbons (Fsp3) is 0.200. The normalized spacial score (nSPS) is 14.0. The molecule has 6 rings (SSSR count). The Hall–Kier alpha value is -4.61. The summed E-state index contributed by atoms with van der Waals surface area (Å²) in [5.74, 6) is 0.838. The number of amides is 2. The zero-order valence-electron chi connectivity index (χ0n) is 22.3. The number of carbonyl (C=O) groups is 2. The molecule has 1 N–H and O–H groups in total. The van der Waals surface area contributed by atoms with E-state index in [1.165, 1.54) is 20.3 Å². The molecule has 41 heavy (non-hydrogen) atoms. The number of hydrogen-bond acceptors (Lipinski definition) is 8. The maximum Gasteiger partial charge on any atom is 0.261 e. The van der Waals surface area contributed by atoms with Crippen LogP contribution in [0.2, 0.25) is 0 Å². The standard InChI is InChI=1S/C30H26N2O8S/c1-37-24-14-20(11-12-32-29(33)21-7-3-5-19-6-4-8-22(28(19)21)30(32)34)27(15-25(24)38-2)41(35,36)31-16-18-9-10-23-26(13-18)40-17-39-23/h3-10,13-15,31H,11-12,16-17H2,1-2H3. The molecule has 2 heterocycles. The van der Waals surface area contributed by atoms with E-state index >= 15 is 0 Å². The number of sulfonamides is 1. The summed E-state index contributed by atoms with van der Waals surface area (Å²) in [5.41, 5.74) is 1.90. The number of ether oxygens (including phenoxy) is 4. The molecule has 2 aliphatic rings. The van der Waals surface area contributed by atoms with Crippen molar-refractivity contribution in [2.45, 2.75) is 17.9 Å². The van der Waals surface area contributed by atoms with Gasteiger partial charge in [-0.05, 0) is 53.3 Å². The molecule has 0 aromatic heterocycles. The first-order valence-corrected chi connectivity index (χ1v) is 14.3. The maximum absolute atomic E-state index is 13.6. The van der Waals surface area contributed by atoms with Gasteiger partial charge in [-0.1, -0.05) is 30.3 Å². The van der Waals surface area contributed by atoms with Crippen LogP contribution >= 0.6 is 0 Å². The zero-order valence-corrected chi connectivity index (χ0v) is 23.1. The molecule has 2 amide bonds. The average molecular weight is 575 g/mol. The number of carbonyl (C=O) groups excluding carboxylic acids is 2. The van der Waals surface area contributed by atoms with E-state index in [1.54, 1.807) is 48.5 Å². The van der Waals surface area contributed by atoms with Crippen LogP contribution in [0, 0.1) is 0 Å². The van der Waals surface area contributed by atoms with Crippen LogP contribution in [0.4, 0.5) is 0 Å². The summed E-state index contributed by atoms with van der Waals surface area (Å²) < 4.78 is 51.3. The highest BCUT2D eigenvalue weighted by molar-refractivity contribution is 7.89. The van der Waals surface area contributed by atoms with Gasteiger partial charge in [0.15, 0.2) is 23.0 Å². The minimum atomic E-state index is -4.07. The van der Waals surface area contributed by atoms with Crippen LogP contribution < -0.4 is 23.7 Å². The Morgan fingerprint density at radius 3 is 2.20 bits per heavy atom. The molecule has 0 saturated heterocycles. The van der Waals surface area contributed by atoms with Gasteiger partial charge in [0.1, 0.15) is 0 Å². The predicted molar refractivity (Wildman–Crippen MR) is 149 cm³/mol. The van der Waals surface area contributed by atoms with Gasteiger partial charge in [0.25, 0.3) is 11.8 Å². The summed E-state index contributed by atoms with van der Waals surface area (Å²) in [6.45, 7) is 0.0709. The topological polar surface area (TPSA) is 120 Å². The minimum Gasteiger partial charge on any atom is -0.493 e. The third-order valence-corrected chi connectivity index (χ3v) is 8.70. The second-order valence-electron chi connectivity index (χ2n) is 9.55. The number of nitrogens with one attached hydrogen (secondary N) is 1. The number of imide groups is 1. The van der Waals surface area contributed by atoms with Crippen molar-refractivity contribution in [1.82, 2.24) is 9.62 Å². The Morgan fingerprint density at radius 1 is 0.854 bits per heavy atom. The molecular formula is C30H26N2O8S. The molecule has 0 unspecified atom stereocenters. The Labute approximate surface area is 236 Å². The van der Waals surface area contributed by atoms with Crippen LogP contribution in [0.5, 0.6) is 23.0 Å². The van der Waals surface area contributed by atoms with Crippen LogP contribution in [-0.4, -0.2) is 52.7 Å². The first kappa shape index (κ1) is 26.6. The fourth-order valence-electron chi connectivity index (χ4n) is 5.17. The molecule has 0 aliphatic carbocycles. The minimum absolute atomic E-state index is 0.00333. The first-order valence-electron chi connectivity index (χ1n) is 12.8. The summed E-state index contributed by atoms with van der Waals surface area (Å²) >= 11 is 0. The van der Waals surface area contributed by atoms with Crippen molar-refractivity contribution in [2.24, 2.45) is 0 Å². The lowest BCUT2D eigenvalue weighted by Gasteiger charge is -2.27. The van der Waals surface area contributed by atoms with Crippen LogP contribution in [0.25, 0.3) is 10.8 Å². The lowest BCUT2D eigenvalue weighted by molar-refractivity contribution is 0.0612. The van der Waals surface area contributed by atoms with Crippen LogP contribution in [0.15, 0.2) is 71.6 Å². The fourth-order valence-corrected chi connectivity index (χ4v) is 6.45. The molecule has 4 aromatic rings. The summed E-state index contributed by atoms with van der Waals surface area (Å²) in [7, 11) is -1.21. The Balaban J connectivity index is 1.29. The molecule has 10 nitrogen and oxygen atoms in total.